The SMILES string of the molecule is NCCCCCCC(N)c1nc(C=Cc2ccc(-c3ccccc3)cc2)nc2ccc(I)cc12. The molecule has 4 aromatic rings. The summed E-state index contributed by atoms with van der Waals surface area (Å²) in [5.41, 5.74) is 17.6. The normalized spacial score (nSPS) is 12.4. The van der Waals surface area contributed by atoms with Crippen molar-refractivity contribution in [3.8, 4) is 11.1 Å². The summed E-state index contributed by atoms with van der Waals surface area (Å²) in [6, 6.07) is 25.1. The summed E-state index contributed by atoms with van der Waals surface area (Å²) in [7, 11) is 0. The topological polar surface area (TPSA) is 77.8 Å². The lowest BCUT2D eigenvalue weighted by atomic mass is 10.0. The fourth-order valence-electron chi connectivity index (χ4n) is 4.09. The molecule has 0 aliphatic heterocycles. The van der Waals surface area contributed by atoms with E-state index in [4.69, 9.17) is 21.4 Å². The van der Waals surface area contributed by atoms with Crippen LogP contribution in [0.5, 0.6) is 0 Å². The molecule has 0 fully saturated rings. The van der Waals surface area contributed by atoms with Crippen LogP contribution in [0.3, 0.4) is 0 Å². The van der Waals surface area contributed by atoms with E-state index in [9.17, 15) is 0 Å². The van der Waals surface area contributed by atoms with Crippen LogP contribution in [-0.2, 0) is 0 Å². The minimum Gasteiger partial charge on any atom is -0.330 e. The van der Waals surface area contributed by atoms with Crippen molar-refractivity contribution in [1.29, 1.82) is 0 Å². The Morgan fingerprint density at radius 2 is 1.53 bits per heavy atom. The Labute approximate surface area is 215 Å². The van der Waals surface area contributed by atoms with Gasteiger partial charge in [-0.1, -0.05) is 79.9 Å². The molecule has 1 unspecified atom stereocenters. The lowest BCUT2D eigenvalue weighted by Crippen LogP contribution is -2.14. The van der Waals surface area contributed by atoms with Gasteiger partial charge in [0.2, 0.25) is 0 Å². The molecule has 174 valence electrons. The lowest BCUT2D eigenvalue weighted by Gasteiger charge is -2.14. The highest BCUT2D eigenvalue weighted by Gasteiger charge is 2.14. The van der Waals surface area contributed by atoms with Crippen molar-refractivity contribution in [1.82, 2.24) is 9.97 Å². The molecule has 0 saturated carbocycles. The molecule has 4 rings (SSSR count). The van der Waals surface area contributed by atoms with Gasteiger partial charge in [-0.25, -0.2) is 9.97 Å². The molecule has 0 amide bonds. The van der Waals surface area contributed by atoms with Gasteiger partial charge in [0.15, 0.2) is 5.82 Å². The minimum atomic E-state index is -0.112. The first-order chi connectivity index (χ1) is 16.6. The highest BCUT2D eigenvalue weighted by molar-refractivity contribution is 14.1. The molecule has 1 atom stereocenters. The van der Waals surface area contributed by atoms with Crippen LogP contribution < -0.4 is 11.5 Å². The van der Waals surface area contributed by atoms with E-state index < -0.39 is 0 Å². The second-order valence-corrected chi connectivity index (χ2v) is 9.79. The van der Waals surface area contributed by atoms with Crippen LogP contribution in [-0.4, -0.2) is 16.5 Å². The second-order valence-electron chi connectivity index (χ2n) is 8.55. The molecule has 0 bridgehead atoms. The van der Waals surface area contributed by atoms with Crippen molar-refractivity contribution >= 4 is 45.6 Å². The standard InChI is InChI=1S/C29H31IN4/c30-24-16-17-27-25(20-24)29(26(32)10-6-1-2-7-19-31)34-28(33-27)18-13-21-11-14-23(15-12-21)22-8-4-3-5-9-22/h3-5,8-9,11-18,20,26H,1-2,6-7,10,19,31-32H2. The average Bonchev–Trinajstić information content (AvgIpc) is 2.87. The maximum absolute atomic E-state index is 6.63. The van der Waals surface area contributed by atoms with Gasteiger partial charge >= 0.3 is 0 Å². The summed E-state index contributed by atoms with van der Waals surface area (Å²) in [5, 5.41) is 1.05. The molecule has 0 aliphatic carbocycles. The number of nitrogens with zero attached hydrogens (tertiary/aromatic N) is 2. The van der Waals surface area contributed by atoms with Gasteiger partial charge in [-0.3, -0.25) is 0 Å². The number of fused-ring (bicyclic) bond motifs is 1. The zero-order valence-electron chi connectivity index (χ0n) is 19.3. The van der Waals surface area contributed by atoms with Crippen LogP contribution in [0.2, 0.25) is 0 Å². The number of rotatable bonds is 10. The number of aromatic nitrogens is 2. The molecular formula is C29H31IN4. The maximum Gasteiger partial charge on any atom is 0.152 e. The van der Waals surface area contributed by atoms with Crippen LogP contribution >= 0.6 is 22.6 Å². The van der Waals surface area contributed by atoms with Gasteiger partial charge < -0.3 is 11.5 Å². The smallest absolute Gasteiger partial charge is 0.152 e. The fourth-order valence-corrected chi connectivity index (χ4v) is 4.58. The molecular weight excluding hydrogens is 531 g/mol. The third kappa shape index (κ3) is 6.50. The molecule has 1 aromatic heterocycles. The van der Waals surface area contributed by atoms with Gasteiger partial charge in [0.25, 0.3) is 0 Å². The predicted octanol–water partition coefficient (Wildman–Crippen LogP) is 6.98. The second kappa shape index (κ2) is 12.2. The van der Waals surface area contributed by atoms with E-state index in [2.05, 4.69) is 95.4 Å². The van der Waals surface area contributed by atoms with Crippen LogP contribution in [0, 0.1) is 3.57 Å². The Kier molecular flexibility index (Phi) is 8.79. The molecule has 4 N–H and O–H groups in total. The maximum atomic E-state index is 6.63. The Balaban J connectivity index is 1.55. The molecule has 0 spiro atoms. The molecule has 0 saturated heterocycles. The van der Waals surface area contributed by atoms with Crippen LogP contribution in [0.25, 0.3) is 34.2 Å². The van der Waals surface area contributed by atoms with E-state index in [-0.39, 0.29) is 6.04 Å². The van der Waals surface area contributed by atoms with Gasteiger partial charge in [-0.05, 0) is 82.9 Å². The number of halogens is 1. The van der Waals surface area contributed by atoms with E-state index in [0.29, 0.717) is 5.82 Å². The Hall–Kier alpha value is -2.61. The first-order valence-corrected chi connectivity index (χ1v) is 13.0. The summed E-state index contributed by atoms with van der Waals surface area (Å²) in [4.78, 5) is 9.68. The van der Waals surface area contributed by atoms with E-state index in [1.54, 1.807) is 0 Å². The molecule has 5 heteroatoms. The van der Waals surface area contributed by atoms with Crippen molar-refractivity contribution in [2.24, 2.45) is 11.5 Å². The van der Waals surface area contributed by atoms with Gasteiger partial charge in [-0.2, -0.15) is 0 Å². The van der Waals surface area contributed by atoms with Crippen LogP contribution in [0.1, 0.15) is 55.2 Å². The third-order valence-electron chi connectivity index (χ3n) is 5.97. The van der Waals surface area contributed by atoms with Crippen molar-refractivity contribution in [2.45, 2.75) is 38.1 Å². The third-order valence-corrected chi connectivity index (χ3v) is 6.64. The lowest BCUT2D eigenvalue weighted by molar-refractivity contribution is 0.554. The van der Waals surface area contributed by atoms with E-state index >= 15 is 0 Å². The molecule has 0 radical (unpaired) electrons. The van der Waals surface area contributed by atoms with Crippen molar-refractivity contribution in [3.05, 3.63) is 93.4 Å². The zero-order chi connectivity index (χ0) is 23.8. The van der Waals surface area contributed by atoms with Crippen LogP contribution in [0.15, 0.2) is 72.8 Å². The van der Waals surface area contributed by atoms with Gasteiger partial charge in [0.05, 0.1) is 11.2 Å². The van der Waals surface area contributed by atoms with E-state index in [0.717, 1.165) is 64.4 Å². The van der Waals surface area contributed by atoms with Gasteiger partial charge in [-0.15, -0.1) is 0 Å². The Morgan fingerprint density at radius 3 is 2.29 bits per heavy atom. The molecule has 1 heterocycles. The predicted molar refractivity (Wildman–Crippen MR) is 152 cm³/mol. The van der Waals surface area contributed by atoms with Gasteiger partial charge in [0, 0.05) is 15.0 Å². The number of benzene rings is 3. The van der Waals surface area contributed by atoms with Crippen LogP contribution in [0.4, 0.5) is 0 Å². The minimum absolute atomic E-state index is 0.112. The number of unbranched alkanes of at least 4 members (excludes halogenated alkanes) is 3. The quantitative estimate of drug-likeness (QED) is 0.162. The highest BCUT2D eigenvalue weighted by Crippen LogP contribution is 2.26. The van der Waals surface area contributed by atoms with E-state index in [1.165, 1.54) is 11.1 Å². The fraction of sp³-hybridized carbons (Fsp3) is 0.241. The summed E-state index contributed by atoms with van der Waals surface area (Å²) in [6.07, 6.45) is 9.41. The zero-order valence-corrected chi connectivity index (χ0v) is 21.5. The summed E-state index contributed by atoms with van der Waals surface area (Å²) in [6.45, 7) is 0.756. The molecule has 0 aliphatic rings. The number of nitrogens with two attached hydrogens (primary N) is 2. The monoisotopic (exact) mass is 562 g/mol. The number of hydrogen-bond acceptors (Lipinski definition) is 4. The summed E-state index contributed by atoms with van der Waals surface area (Å²) >= 11 is 2.33. The first kappa shape index (κ1) is 24.5. The molecule has 34 heavy (non-hydrogen) atoms. The average molecular weight is 562 g/mol. The highest BCUT2D eigenvalue weighted by atomic mass is 127. The van der Waals surface area contributed by atoms with Crippen molar-refractivity contribution in [3.63, 3.8) is 0 Å². The van der Waals surface area contributed by atoms with Crippen molar-refractivity contribution in [2.75, 3.05) is 6.54 Å². The Bertz CT molecular complexity index is 1240. The number of hydrogen-bond donors (Lipinski definition) is 2. The first-order valence-electron chi connectivity index (χ1n) is 11.9. The largest absolute Gasteiger partial charge is 0.330 e. The Morgan fingerprint density at radius 1 is 0.794 bits per heavy atom. The summed E-state index contributed by atoms with van der Waals surface area (Å²) in [5.74, 6) is 0.689. The molecule has 3 aromatic carbocycles. The van der Waals surface area contributed by atoms with Gasteiger partial charge in [0.1, 0.15) is 0 Å². The van der Waals surface area contributed by atoms with E-state index in [1.807, 2.05) is 12.1 Å². The summed E-state index contributed by atoms with van der Waals surface area (Å²) < 4.78 is 1.16. The molecule has 4 nitrogen and oxygen atoms in total. The van der Waals surface area contributed by atoms with Crippen molar-refractivity contribution < 1.29 is 0 Å².